The molecule has 0 aromatic heterocycles. The topological polar surface area (TPSA) is 161 Å². The van der Waals surface area contributed by atoms with Gasteiger partial charge in [0.15, 0.2) is 0 Å². The molecular formula is C28H45N5O6. The zero-order valence-corrected chi connectivity index (χ0v) is 23.8. The van der Waals surface area contributed by atoms with Gasteiger partial charge in [0, 0.05) is 12.1 Å². The molecule has 0 spiro atoms. The molecule has 2 bridgehead atoms. The first-order chi connectivity index (χ1) is 18.4. The van der Waals surface area contributed by atoms with Crippen LogP contribution >= 0.6 is 0 Å². The summed E-state index contributed by atoms with van der Waals surface area (Å²) >= 11 is 0. The highest BCUT2D eigenvalue weighted by molar-refractivity contribution is 5.91. The summed E-state index contributed by atoms with van der Waals surface area (Å²) in [5.74, 6) is -1.04. The minimum absolute atomic E-state index is 0.0471. The maximum absolute atomic E-state index is 13.4. The van der Waals surface area contributed by atoms with Gasteiger partial charge in [-0.2, -0.15) is 0 Å². The molecule has 218 valence electrons. The lowest BCUT2D eigenvalue weighted by Gasteiger charge is -2.27. The highest BCUT2D eigenvalue weighted by Gasteiger charge is 2.29. The minimum atomic E-state index is -0.930. The number of hydrogen-bond acceptors (Lipinski definition) is 7. The van der Waals surface area contributed by atoms with Crippen molar-refractivity contribution in [3.63, 3.8) is 0 Å². The van der Waals surface area contributed by atoms with E-state index in [0.717, 1.165) is 5.56 Å². The Morgan fingerprint density at radius 1 is 1.15 bits per heavy atom. The van der Waals surface area contributed by atoms with Gasteiger partial charge in [0.05, 0.1) is 25.7 Å². The van der Waals surface area contributed by atoms with Crippen molar-refractivity contribution >= 4 is 29.5 Å². The van der Waals surface area contributed by atoms with Crippen LogP contribution in [0.4, 0.5) is 10.5 Å². The van der Waals surface area contributed by atoms with Crippen molar-refractivity contribution in [2.75, 3.05) is 25.1 Å². The van der Waals surface area contributed by atoms with Crippen molar-refractivity contribution in [2.24, 2.45) is 11.7 Å². The van der Waals surface area contributed by atoms with Crippen molar-refractivity contribution in [3.05, 3.63) is 29.8 Å². The number of ether oxygens (including phenoxy) is 2. The lowest BCUT2D eigenvalue weighted by molar-refractivity contribution is -0.157. The lowest BCUT2D eigenvalue weighted by atomic mass is 10.0. The third kappa shape index (κ3) is 12.0. The molecule has 39 heavy (non-hydrogen) atoms. The van der Waals surface area contributed by atoms with Crippen LogP contribution in [0.15, 0.2) is 24.3 Å². The number of unbranched alkanes of at least 4 members (excludes halogenated alkanes) is 1. The van der Waals surface area contributed by atoms with Crippen molar-refractivity contribution in [1.29, 1.82) is 0 Å². The van der Waals surface area contributed by atoms with Crippen LogP contribution < -0.4 is 27.0 Å². The van der Waals surface area contributed by atoms with E-state index in [4.69, 9.17) is 15.2 Å². The fourth-order valence-electron chi connectivity index (χ4n) is 3.92. The molecular weight excluding hydrogens is 502 g/mol. The van der Waals surface area contributed by atoms with E-state index >= 15 is 0 Å². The highest BCUT2D eigenvalue weighted by atomic mass is 16.6. The molecule has 3 rings (SSSR count). The van der Waals surface area contributed by atoms with Crippen LogP contribution in [0.1, 0.15) is 65.9 Å². The van der Waals surface area contributed by atoms with Gasteiger partial charge in [-0.1, -0.05) is 26.0 Å². The summed E-state index contributed by atoms with van der Waals surface area (Å²) in [7, 11) is 0. The Balaban J connectivity index is 2.23. The van der Waals surface area contributed by atoms with E-state index in [2.05, 4.69) is 21.3 Å². The van der Waals surface area contributed by atoms with E-state index in [1.807, 2.05) is 13.8 Å². The fourth-order valence-corrected chi connectivity index (χ4v) is 3.92. The molecule has 2 aliphatic heterocycles. The molecule has 11 heteroatoms. The number of fused-ring (bicyclic) bond motifs is 12. The fraction of sp³-hybridized carbons (Fsp3) is 0.643. The number of amides is 4. The number of anilines is 1. The van der Waals surface area contributed by atoms with Crippen LogP contribution in [0.5, 0.6) is 0 Å². The monoisotopic (exact) mass is 547 g/mol. The van der Waals surface area contributed by atoms with Crippen LogP contribution in [0.25, 0.3) is 0 Å². The summed E-state index contributed by atoms with van der Waals surface area (Å²) in [4.78, 5) is 51.5. The van der Waals surface area contributed by atoms with E-state index in [-0.39, 0.29) is 49.8 Å². The van der Waals surface area contributed by atoms with Crippen molar-refractivity contribution in [3.8, 4) is 0 Å². The van der Waals surface area contributed by atoms with Crippen molar-refractivity contribution < 1.29 is 28.7 Å². The predicted octanol–water partition coefficient (Wildman–Crippen LogP) is 2.24. The maximum atomic E-state index is 13.4. The molecule has 11 nitrogen and oxygen atoms in total. The molecule has 2 heterocycles. The minimum Gasteiger partial charge on any atom is -0.458 e. The van der Waals surface area contributed by atoms with Gasteiger partial charge in [-0.3, -0.25) is 9.59 Å². The first-order valence-corrected chi connectivity index (χ1v) is 13.6. The van der Waals surface area contributed by atoms with E-state index < -0.39 is 29.7 Å². The van der Waals surface area contributed by atoms with Gasteiger partial charge >= 0.3 is 12.0 Å². The maximum Gasteiger partial charge on any atom is 0.329 e. The number of urea groups is 1. The van der Waals surface area contributed by atoms with E-state index in [1.54, 1.807) is 45.0 Å². The number of rotatable bonds is 8. The molecule has 0 unspecified atom stereocenters. The molecule has 0 saturated heterocycles. The third-order valence-corrected chi connectivity index (χ3v) is 6.15. The smallest absolute Gasteiger partial charge is 0.329 e. The second-order valence-corrected chi connectivity index (χ2v) is 11.2. The average Bonchev–Trinajstić information content (AvgIpc) is 2.85. The first kappa shape index (κ1) is 32.0. The van der Waals surface area contributed by atoms with E-state index in [9.17, 15) is 19.2 Å². The normalized spacial score (nSPS) is 19.8. The molecule has 6 N–H and O–H groups in total. The quantitative estimate of drug-likeness (QED) is 0.246. The van der Waals surface area contributed by atoms with Crippen LogP contribution in [-0.2, 0) is 30.3 Å². The van der Waals surface area contributed by atoms with Gasteiger partial charge in [0.25, 0.3) is 0 Å². The summed E-state index contributed by atoms with van der Waals surface area (Å²) in [6.45, 7) is 10.1. The number of carbonyl (C=O) groups is 4. The Morgan fingerprint density at radius 2 is 1.85 bits per heavy atom. The standard InChI is InChI=1S/C28H45N5O6/c1-18(2)23-17-38-15-13-24(34)30-20-11-9-19(10-12-20)16-22(25(35)31-23)33-27(37)32-21(8-6-7-14-29)26(36)39-28(3,4)5/h9-12,18,21-23H,6-8,13-17,29H2,1-5H3,(H,30,34)(H,31,35)(H2,32,33,37)/t21-,22+,23+/m0/s1. The molecule has 0 saturated carbocycles. The number of nitrogens with one attached hydrogen (secondary N) is 4. The van der Waals surface area contributed by atoms with Gasteiger partial charge in [-0.05, 0) is 70.2 Å². The number of nitrogens with two attached hydrogens (primary N) is 1. The summed E-state index contributed by atoms with van der Waals surface area (Å²) in [6.07, 6.45) is 2.07. The first-order valence-electron chi connectivity index (χ1n) is 13.6. The molecule has 0 aliphatic carbocycles. The summed E-state index contributed by atoms with van der Waals surface area (Å²) < 4.78 is 11.2. The third-order valence-electron chi connectivity index (χ3n) is 6.15. The molecule has 1 aromatic rings. The number of carbonyl (C=O) groups excluding carboxylic acids is 4. The second-order valence-electron chi connectivity index (χ2n) is 11.2. The summed E-state index contributed by atoms with van der Waals surface area (Å²) in [5.41, 5.74) is 6.29. The zero-order chi connectivity index (χ0) is 29.0. The molecule has 0 fully saturated rings. The Morgan fingerprint density at radius 3 is 2.46 bits per heavy atom. The average molecular weight is 548 g/mol. The van der Waals surface area contributed by atoms with Crippen molar-refractivity contribution in [2.45, 2.75) is 90.4 Å². The second kappa shape index (κ2) is 15.4. The molecule has 1 aromatic carbocycles. The summed E-state index contributed by atoms with van der Waals surface area (Å²) in [6, 6.07) is 4.28. The molecule has 0 radical (unpaired) electrons. The molecule has 3 atom stereocenters. The number of benzene rings is 1. The van der Waals surface area contributed by atoms with Gasteiger partial charge < -0.3 is 36.5 Å². The van der Waals surface area contributed by atoms with E-state index in [1.165, 1.54) is 0 Å². The predicted molar refractivity (Wildman–Crippen MR) is 149 cm³/mol. The van der Waals surface area contributed by atoms with Gasteiger partial charge in [-0.15, -0.1) is 0 Å². The Bertz CT molecular complexity index is 960. The van der Waals surface area contributed by atoms with Crippen molar-refractivity contribution in [1.82, 2.24) is 16.0 Å². The highest BCUT2D eigenvalue weighted by Crippen LogP contribution is 2.14. The van der Waals surface area contributed by atoms with Gasteiger partial charge in [-0.25, -0.2) is 9.59 Å². The number of esters is 1. The van der Waals surface area contributed by atoms with Crippen LogP contribution in [0, 0.1) is 5.92 Å². The van der Waals surface area contributed by atoms with E-state index in [0.29, 0.717) is 31.5 Å². The zero-order valence-electron chi connectivity index (χ0n) is 23.8. The van der Waals surface area contributed by atoms with Gasteiger partial charge in [0.2, 0.25) is 11.8 Å². The van der Waals surface area contributed by atoms with Crippen LogP contribution in [-0.4, -0.2) is 67.3 Å². The lowest BCUT2D eigenvalue weighted by Crippen LogP contribution is -2.56. The Kier molecular flexibility index (Phi) is 12.7. The van der Waals surface area contributed by atoms with Gasteiger partial charge in [0.1, 0.15) is 17.7 Å². The Hall–Kier alpha value is -3.18. The Labute approximate surface area is 231 Å². The molecule has 2 aliphatic rings. The van der Waals surface area contributed by atoms with Crippen LogP contribution in [0.3, 0.4) is 0 Å². The number of hydrogen-bond donors (Lipinski definition) is 5. The molecule has 4 amide bonds. The van der Waals surface area contributed by atoms with Crippen LogP contribution in [0.2, 0.25) is 0 Å². The SMILES string of the molecule is CC(C)[C@H]1COCCC(=O)Nc2ccc(cc2)C[C@@H](NC(=O)N[C@@H](CCCCN)C(=O)OC(C)(C)C)C(=O)N1. The largest absolute Gasteiger partial charge is 0.458 e. The summed E-state index contributed by atoms with van der Waals surface area (Å²) in [5, 5.41) is 11.2.